The molecule has 0 aromatic carbocycles. The Morgan fingerprint density at radius 3 is 2.50 bits per heavy atom. The van der Waals surface area contributed by atoms with Crippen LogP contribution < -0.4 is 5.32 Å². The molecule has 0 radical (unpaired) electrons. The van der Waals surface area contributed by atoms with Crippen LogP contribution in [0.3, 0.4) is 0 Å². The van der Waals surface area contributed by atoms with E-state index in [0.29, 0.717) is 26.1 Å². The summed E-state index contributed by atoms with van der Waals surface area (Å²) in [5, 5.41) is 12.5. The van der Waals surface area contributed by atoms with E-state index < -0.39 is 11.5 Å². The summed E-state index contributed by atoms with van der Waals surface area (Å²) >= 11 is 0. The Bertz CT molecular complexity index is 197. The molecule has 0 bridgehead atoms. The Labute approximate surface area is 98.4 Å². The first-order valence-electron chi connectivity index (χ1n) is 6.19. The van der Waals surface area contributed by atoms with Gasteiger partial charge in [0.15, 0.2) is 0 Å². The van der Waals surface area contributed by atoms with Crippen molar-refractivity contribution in [3.63, 3.8) is 0 Å². The number of carbonyl (C=O) groups is 1. The second-order valence-corrected chi connectivity index (χ2v) is 3.97. The zero-order valence-electron chi connectivity index (χ0n) is 10.7. The van der Waals surface area contributed by atoms with Crippen molar-refractivity contribution < 1.29 is 14.6 Å². The highest BCUT2D eigenvalue weighted by Crippen LogP contribution is 2.18. The fraction of sp³-hybridized carbons (Fsp3) is 0.917. The molecule has 0 aliphatic carbocycles. The Hall–Kier alpha value is -0.610. The summed E-state index contributed by atoms with van der Waals surface area (Å²) in [4.78, 5) is 11.3. The SMILES string of the molecule is CCCNC(CC)(CCCOCC)C(=O)O. The molecule has 4 nitrogen and oxygen atoms in total. The van der Waals surface area contributed by atoms with Crippen LogP contribution in [0.1, 0.15) is 46.5 Å². The number of rotatable bonds is 10. The minimum absolute atomic E-state index is 0.606. The molecule has 0 amide bonds. The van der Waals surface area contributed by atoms with Gasteiger partial charge in [-0.3, -0.25) is 4.79 Å². The summed E-state index contributed by atoms with van der Waals surface area (Å²) in [5.74, 6) is -0.750. The molecule has 0 aliphatic heterocycles. The molecule has 0 saturated heterocycles. The van der Waals surface area contributed by atoms with E-state index in [1.54, 1.807) is 0 Å². The lowest BCUT2D eigenvalue weighted by molar-refractivity contribution is -0.145. The predicted octanol–water partition coefficient (Wildman–Crippen LogP) is 2.04. The molecular weight excluding hydrogens is 206 g/mol. The molecule has 0 aromatic heterocycles. The molecule has 1 unspecified atom stereocenters. The zero-order valence-corrected chi connectivity index (χ0v) is 10.7. The normalized spacial score (nSPS) is 14.7. The summed E-state index contributed by atoms with van der Waals surface area (Å²) in [7, 11) is 0. The molecule has 0 saturated carbocycles. The van der Waals surface area contributed by atoms with Crippen LogP contribution in [-0.4, -0.2) is 36.4 Å². The third-order valence-corrected chi connectivity index (χ3v) is 2.82. The van der Waals surface area contributed by atoms with Crippen molar-refractivity contribution in [1.82, 2.24) is 5.32 Å². The molecule has 0 aliphatic rings. The number of hydrogen-bond donors (Lipinski definition) is 2. The molecular formula is C12H25NO3. The molecule has 0 heterocycles. The van der Waals surface area contributed by atoms with Gasteiger partial charge >= 0.3 is 5.97 Å². The second kappa shape index (κ2) is 8.53. The monoisotopic (exact) mass is 231 g/mol. The van der Waals surface area contributed by atoms with Gasteiger partial charge in [-0.2, -0.15) is 0 Å². The Morgan fingerprint density at radius 1 is 1.38 bits per heavy atom. The van der Waals surface area contributed by atoms with Gasteiger partial charge in [0.2, 0.25) is 0 Å². The Kier molecular flexibility index (Phi) is 8.21. The molecule has 0 spiro atoms. The zero-order chi connectivity index (χ0) is 12.4. The molecule has 16 heavy (non-hydrogen) atoms. The maximum atomic E-state index is 11.3. The highest BCUT2D eigenvalue weighted by atomic mass is 16.5. The van der Waals surface area contributed by atoms with E-state index >= 15 is 0 Å². The lowest BCUT2D eigenvalue weighted by Gasteiger charge is -2.29. The van der Waals surface area contributed by atoms with Gasteiger partial charge in [-0.15, -0.1) is 0 Å². The lowest BCUT2D eigenvalue weighted by atomic mass is 9.90. The average Bonchev–Trinajstić information content (AvgIpc) is 2.28. The van der Waals surface area contributed by atoms with Gasteiger partial charge in [0.1, 0.15) is 5.54 Å². The topological polar surface area (TPSA) is 58.6 Å². The van der Waals surface area contributed by atoms with Crippen molar-refractivity contribution in [2.75, 3.05) is 19.8 Å². The van der Waals surface area contributed by atoms with Crippen LogP contribution in [0, 0.1) is 0 Å². The van der Waals surface area contributed by atoms with Gasteiger partial charge in [0.05, 0.1) is 0 Å². The van der Waals surface area contributed by atoms with Crippen molar-refractivity contribution in [2.45, 2.75) is 52.0 Å². The number of hydrogen-bond acceptors (Lipinski definition) is 3. The summed E-state index contributed by atoms with van der Waals surface area (Å²) in [6, 6.07) is 0. The van der Waals surface area contributed by atoms with Crippen LogP contribution in [0.5, 0.6) is 0 Å². The van der Waals surface area contributed by atoms with E-state index in [-0.39, 0.29) is 0 Å². The summed E-state index contributed by atoms with van der Waals surface area (Å²) in [6.07, 6.45) is 2.96. The highest BCUT2D eigenvalue weighted by Gasteiger charge is 2.35. The quantitative estimate of drug-likeness (QED) is 0.565. The third kappa shape index (κ3) is 4.94. The van der Waals surface area contributed by atoms with Crippen LogP contribution in [0.2, 0.25) is 0 Å². The number of ether oxygens (including phenoxy) is 1. The molecule has 0 aromatic rings. The van der Waals surface area contributed by atoms with E-state index in [0.717, 1.165) is 19.4 Å². The van der Waals surface area contributed by atoms with Crippen LogP contribution in [0.25, 0.3) is 0 Å². The predicted molar refractivity (Wildman–Crippen MR) is 64.7 cm³/mol. The van der Waals surface area contributed by atoms with Crippen molar-refractivity contribution >= 4 is 5.97 Å². The van der Waals surface area contributed by atoms with Gasteiger partial charge in [-0.1, -0.05) is 13.8 Å². The number of aliphatic carboxylic acids is 1. The summed E-state index contributed by atoms with van der Waals surface area (Å²) in [5.41, 5.74) is -0.771. The van der Waals surface area contributed by atoms with Crippen LogP contribution in [-0.2, 0) is 9.53 Å². The van der Waals surface area contributed by atoms with E-state index in [4.69, 9.17) is 4.74 Å². The van der Waals surface area contributed by atoms with Gasteiger partial charge in [-0.05, 0) is 39.2 Å². The van der Waals surface area contributed by atoms with Gasteiger partial charge < -0.3 is 15.2 Å². The summed E-state index contributed by atoms with van der Waals surface area (Å²) in [6.45, 7) is 7.97. The van der Waals surface area contributed by atoms with E-state index in [1.165, 1.54) is 0 Å². The number of nitrogens with one attached hydrogen (secondary N) is 1. The second-order valence-electron chi connectivity index (χ2n) is 3.97. The molecule has 1 atom stereocenters. The largest absolute Gasteiger partial charge is 0.480 e. The Balaban J connectivity index is 4.22. The van der Waals surface area contributed by atoms with Gasteiger partial charge in [0.25, 0.3) is 0 Å². The maximum Gasteiger partial charge on any atom is 0.323 e. The van der Waals surface area contributed by atoms with E-state index in [2.05, 4.69) is 5.32 Å². The minimum Gasteiger partial charge on any atom is -0.480 e. The van der Waals surface area contributed by atoms with Gasteiger partial charge in [0, 0.05) is 13.2 Å². The first kappa shape index (κ1) is 15.4. The minimum atomic E-state index is -0.771. The smallest absolute Gasteiger partial charge is 0.323 e. The molecule has 2 N–H and O–H groups in total. The van der Waals surface area contributed by atoms with Crippen molar-refractivity contribution in [1.29, 1.82) is 0 Å². The Morgan fingerprint density at radius 2 is 2.06 bits per heavy atom. The van der Waals surface area contributed by atoms with E-state index in [9.17, 15) is 9.90 Å². The van der Waals surface area contributed by atoms with Crippen LogP contribution in [0.4, 0.5) is 0 Å². The average molecular weight is 231 g/mol. The maximum absolute atomic E-state index is 11.3. The standard InChI is InChI=1S/C12H25NO3/c1-4-9-13-12(5-2,11(14)15)8-7-10-16-6-3/h13H,4-10H2,1-3H3,(H,14,15). The van der Waals surface area contributed by atoms with Crippen molar-refractivity contribution in [3.05, 3.63) is 0 Å². The molecule has 4 heteroatoms. The number of carboxylic acids is 1. The first-order valence-corrected chi connectivity index (χ1v) is 6.19. The van der Waals surface area contributed by atoms with Crippen LogP contribution >= 0.6 is 0 Å². The fourth-order valence-corrected chi connectivity index (χ4v) is 1.71. The highest BCUT2D eigenvalue weighted by molar-refractivity contribution is 5.78. The molecule has 96 valence electrons. The van der Waals surface area contributed by atoms with Crippen molar-refractivity contribution in [2.24, 2.45) is 0 Å². The van der Waals surface area contributed by atoms with Gasteiger partial charge in [-0.25, -0.2) is 0 Å². The first-order chi connectivity index (χ1) is 7.63. The van der Waals surface area contributed by atoms with Crippen molar-refractivity contribution in [3.8, 4) is 0 Å². The third-order valence-electron chi connectivity index (χ3n) is 2.82. The summed E-state index contributed by atoms with van der Waals surface area (Å²) < 4.78 is 5.24. The molecule has 0 rings (SSSR count). The van der Waals surface area contributed by atoms with E-state index in [1.807, 2.05) is 20.8 Å². The fourth-order valence-electron chi connectivity index (χ4n) is 1.71. The lowest BCUT2D eigenvalue weighted by Crippen LogP contribution is -2.52. The van der Waals surface area contributed by atoms with Crippen LogP contribution in [0.15, 0.2) is 0 Å². The number of carboxylic acid groups (broad SMARTS) is 1. The molecule has 0 fully saturated rings.